The zero-order valence-electron chi connectivity index (χ0n) is 15.7. The van der Waals surface area contributed by atoms with Crippen LogP contribution in [0.15, 0.2) is 60.5 Å². The van der Waals surface area contributed by atoms with Crippen molar-refractivity contribution in [3.63, 3.8) is 0 Å². The minimum atomic E-state index is -0.984. The van der Waals surface area contributed by atoms with Gasteiger partial charge in [-0.3, -0.25) is 9.67 Å². The summed E-state index contributed by atoms with van der Waals surface area (Å²) in [6, 6.07) is 10.3. The molecule has 0 fully saturated rings. The molecule has 29 heavy (non-hydrogen) atoms. The highest BCUT2D eigenvalue weighted by Crippen LogP contribution is 2.25. The number of carbonyl (C=O) groups is 1. The van der Waals surface area contributed by atoms with Crippen molar-refractivity contribution in [2.45, 2.75) is 13.5 Å². The van der Waals surface area contributed by atoms with Crippen LogP contribution in [0.25, 0.3) is 23.4 Å². The van der Waals surface area contributed by atoms with Gasteiger partial charge < -0.3 is 5.11 Å². The van der Waals surface area contributed by atoms with E-state index >= 15 is 0 Å². The molecule has 0 aliphatic rings. The quantitative estimate of drug-likeness (QED) is 0.509. The predicted molar refractivity (Wildman–Crippen MR) is 114 cm³/mol. The molecule has 0 radical (unpaired) electrons. The Balaban J connectivity index is 1.54. The first-order valence-electron chi connectivity index (χ1n) is 8.97. The van der Waals surface area contributed by atoms with Gasteiger partial charge in [0.1, 0.15) is 5.01 Å². The fourth-order valence-corrected chi connectivity index (χ4v) is 3.73. The number of benzene rings is 1. The highest BCUT2D eigenvalue weighted by Gasteiger charge is 2.10. The van der Waals surface area contributed by atoms with E-state index in [1.54, 1.807) is 10.9 Å². The second-order valence-corrected chi connectivity index (χ2v) is 7.55. The van der Waals surface area contributed by atoms with Crippen molar-refractivity contribution in [2.75, 3.05) is 0 Å². The molecule has 0 saturated carbocycles. The van der Waals surface area contributed by atoms with Crippen molar-refractivity contribution in [1.29, 1.82) is 0 Å². The summed E-state index contributed by atoms with van der Waals surface area (Å²) in [6.07, 6.45) is 10.5. The molecule has 0 aliphatic heterocycles. The van der Waals surface area contributed by atoms with Crippen molar-refractivity contribution >= 4 is 29.5 Å². The number of aromatic nitrogens is 4. The second kappa shape index (κ2) is 8.20. The van der Waals surface area contributed by atoms with Crippen LogP contribution in [-0.2, 0) is 6.54 Å². The molecule has 1 N–H and O–H groups in total. The van der Waals surface area contributed by atoms with E-state index in [1.807, 2.05) is 29.8 Å². The summed E-state index contributed by atoms with van der Waals surface area (Å²) in [5.41, 5.74) is 5.41. The molecule has 0 bridgehead atoms. The molecule has 4 aromatic rings. The highest BCUT2D eigenvalue weighted by molar-refractivity contribution is 7.09. The Morgan fingerprint density at radius 2 is 2.07 bits per heavy atom. The first kappa shape index (κ1) is 18.8. The van der Waals surface area contributed by atoms with Crippen LogP contribution in [0.4, 0.5) is 0 Å². The zero-order valence-corrected chi connectivity index (χ0v) is 16.5. The summed E-state index contributed by atoms with van der Waals surface area (Å²) in [5.74, 6) is -0.984. The summed E-state index contributed by atoms with van der Waals surface area (Å²) < 4.78 is 1.59. The van der Waals surface area contributed by atoms with E-state index in [2.05, 4.69) is 41.3 Å². The van der Waals surface area contributed by atoms with Crippen molar-refractivity contribution in [1.82, 2.24) is 19.7 Å². The van der Waals surface area contributed by atoms with Gasteiger partial charge >= 0.3 is 5.97 Å². The van der Waals surface area contributed by atoms with Crippen LogP contribution in [0.2, 0.25) is 0 Å². The monoisotopic (exact) mass is 402 g/mol. The van der Waals surface area contributed by atoms with Crippen LogP contribution in [-0.4, -0.2) is 30.8 Å². The molecular formula is C22H18N4O2S. The SMILES string of the molecule is Cc1cc(/C=C\c2cccnc2)cc(-c2csc(Cn3cc(C(=O)O)cn3)n2)c1. The Labute approximate surface area is 171 Å². The van der Waals surface area contributed by atoms with Crippen LogP contribution < -0.4 is 0 Å². The summed E-state index contributed by atoms with van der Waals surface area (Å²) in [5, 5.41) is 16.0. The number of aromatic carboxylic acids is 1. The first-order chi connectivity index (χ1) is 14.1. The van der Waals surface area contributed by atoms with Crippen LogP contribution in [0, 0.1) is 6.92 Å². The van der Waals surface area contributed by atoms with Crippen LogP contribution in [0.5, 0.6) is 0 Å². The molecule has 6 nitrogen and oxygen atoms in total. The van der Waals surface area contributed by atoms with E-state index in [-0.39, 0.29) is 5.56 Å². The molecule has 0 saturated heterocycles. The normalized spacial score (nSPS) is 11.2. The maximum atomic E-state index is 11.0. The molecule has 0 atom stereocenters. The van der Waals surface area contributed by atoms with Gasteiger partial charge in [-0.15, -0.1) is 11.3 Å². The lowest BCUT2D eigenvalue weighted by Crippen LogP contribution is -2.00. The van der Waals surface area contributed by atoms with Gasteiger partial charge in [-0.25, -0.2) is 9.78 Å². The summed E-state index contributed by atoms with van der Waals surface area (Å²) >= 11 is 1.53. The third-order valence-electron chi connectivity index (χ3n) is 4.28. The van der Waals surface area contributed by atoms with Gasteiger partial charge in [0.2, 0.25) is 0 Å². The number of hydrogen-bond acceptors (Lipinski definition) is 5. The zero-order chi connectivity index (χ0) is 20.2. The Morgan fingerprint density at radius 3 is 2.83 bits per heavy atom. The van der Waals surface area contributed by atoms with Crippen LogP contribution in [0.1, 0.15) is 32.1 Å². The van der Waals surface area contributed by atoms with Crippen molar-refractivity contribution in [3.8, 4) is 11.3 Å². The van der Waals surface area contributed by atoms with E-state index in [0.29, 0.717) is 6.54 Å². The molecule has 144 valence electrons. The van der Waals surface area contributed by atoms with E-state index in [4.69, 9.17) is 10.1 Å². The Hall–Kier alpha value is -3.58. The first-order valence-corrected chi connectivity index (χ1v) is 9.85. The molecule has 1 aromatic carbocycles. The number of carboxylic acid groups (broad SMARTS) is 1. The van der Waals surface area contributed by atoms with Gasteiger partial charge in [-0.1, -0.05) is 24.3 Å². The van der Waals surface area contributed by atoms with Gasteiger partial charge in [0.05, 0.1) is 24.0 Å². The molecule has 0 unspecified atom stereocenters. The number of thiazole rings is 1. The third-order valence-corrected chi connectivity index (χ3v) is 5.11. The van der Waals surface area contributed by atoms with Gasteiger partial charge in [0.15, 0.2) is 0 Å². The van der Waals surface area contributed by atoms with E-state index in [9.17, 15) is 4.79 Å². The molecule has 0 spiro atoms. The van der Waals surface area contributed by atoms with Crippen LogP contribution >= 0.6 is 11.3 Å². The maximum absolute atomic E-state index is 11.0. The van der Waals surface area contributed by atoms with Gasteiger partial charge in [0, 0.05) is 29.5 Å². The number of hydrogen-bond donors (Lipinski definition) is 1. The molecular weight excluding hydrogens is 384 g/mol. The van der Waals surface area contributed by atoms with Crippen molar-refractivity contribution in [2.24, 2.45) is 0 Å². The lowest BCUT2D eigenvalue weighted by Gasteiger charge is -2.03. The molecule has 0 amide bonds. The number of carboxylic acids is 1. The smallest absolute Gasteiger partial charge is 0.338 e. The standard InChI is InChI=1S/C22H18N4O2S/c1-15-7-17(5-4-16-3-2-6-23-10-16)9-18(8-15)20-14-29-21(25-20)13-26-12-19(11-24-26)22(27)28/h2-12,14H,13H2,1H3,(H,27,28)/b5-4-. The second-order valence-electron chi connectivity index (χ2n) is 6.61. The maximum Gasteiger partial charge on any atom is 0.338 e. The number of nitrogens with zero attached hydrogens (tertiary/aromatic N) is 4. The Morgan fingerprint density at radius 1 is 1.21 bits per heavy atom. The topological polar surface area (TPSA) is 80.9 Å². The molecule has 3 aromatic heterocycles. The molecule has 0 aliphatic carbocycles. The van der Waals surface area contributed by atoms with Crippen molar-refractivity contribution < 1.29 is 9.90 Å². The largest absolute Gasteiger partial charge is 0.478 e. The fraction of sp³-hybridized carbons (Fsp3) is 0.0909. The Kier molecular flexibility index (Phi) is 5.31. The van der Waals surface area contributed by atoms with E-state index in [0.717, 1.165) is 33.0 Å². The van der Waals surface area contributed by atoms with Gasteiger partial charge in [-0.05, 0) is 41.8 Å². The summed E-state index contributed by atoms with van der Waals surface area (Å²) in [4.78, 5) is 19.8. The summed E-state index contributed by atoms with van der Waals surface area (Å²) in [6.45, 7) is 2.51. The minimum Gasteiger partial charge on any atom is -0.478 e. The molecule has 4 rings (SSSR count). The average Bonchev–Trinajstić information content (AvgIpc) is 3.37. The fourth-order valence-electron chi connectivity index (χ4n) is 2.94. The third kappa shape index (κ3) is 4.64. The lowest BCUT2D eigenvalue weighted by atomic mass is 10.0. The lowest BCUT2D eigenvalue weighted by molar-refractivity contribution is 0.0697. The predicted octanol–water partition coefficient (Wildman–Crippen LogP) is 4.63. The van der Waals surface area contributed by atoms with E-state index < -0.39 is 5.97 Å². The number of aryl methyl sites for hydroxylation is 1. The van der Waals surface area contributed by atoms with Crippen molar-refractivity contribution in [3.05, 3.63) is 87.8 Å². The molecule has 7 heteroatoms. The highest BCUT2D eigenvalue weighted by atomic mass is 32.1. The minimum absolute atomic E-state index is 0.172. The number of rotatable bonds is 6. The van der Waals surface area contributed by atoms with Crippen LogP contribution in [0.3, 0.4) is 0 Å². The molecule has 3 heterocycles. The Bertz CT molecular complexity index is 1180. The average molecular weight is 402 g/mol. The van der Waals surface area contributed by atoms with Gasteiger partial charge in [0.25, 0.3) is 0 Å². The summed E-state index contributed by atoms with van der Waals surface area (Å²) in [7, 11) is 0. The van der Waals surface area contributed by atoms with E-state index in [1.165, 1.54) is 23.7 Å². The number of pyridine rings is 1. The van der Waals surface area contributed by atoms with Gasteiger partial charge in [-0.2, -0.15) is 5.10 Å².